The van der Waals surface area contributed by atoms with Crippen LogP contribution in [0.5, 0.6) is 0 Å². The first-order valence-corrected chi connectivity index (χ1v) is 9.28. The van der Waals surface area contributed by atoms with E-state index in [-0.39, 0.29) is 5.41 Å². The van der Waals surface area contributed by atoms with Crippen molar-refractivity contribution in [3.63, 3.8) is 0 Å². The zero-order valence-corrected chi connectivity index (χ0v) is 16.0. The molecule has 1 aliphatic rings. The maximum atomic E-state index is 2.48. The molecule has 2 aromatic carbocycles. The van der Waals surface area contributed by atoms with Crippen LogP contribution in [0.3, 0.4) is 0 Å². The standard InChI is InChI=1S/C24H30/c1-7-17-10-8-9-11-21(17)23-20(16(2)3)13-12-18-14-19(15-22(18)23)24(4,5)6/h8-13,15-16H,7,14H2,1-6H3. The molecule has 0 N–H and O–H groups in total. The van der Waals surface area contributed by atoms with E-state index in [1.165, 1.54) is 33.4 Å². The summed E-state index contributed by atoms with van der Waals surface area (Å²) < 4.78 is 0. The first kappa shape index (κ1) is 17.0. The third kappa shape index (κ3) is 2.95. The predicted octanol–water partition coefficient (Wildman–Crippen LogP) is 7.03. The van der Waals surface area contributed by atoms with Crippen LogP contribution in [-0.4, -0.2) is 0 Å². The highest BCUT2D eigenvalue weighted by Gasteiger charge is 2.26. The quantitative estimate of drug-likeness (QED) is 0.570. The Labute approximate surface area is 147 Å². The minimum Gasteiger partial charge on any atom is -0.0620 e. The van der Waals surface area contributed by atoms with Gasteiger partial charge in [-0.15, -0.1) is 0 Å². The average Bonchev–Trinajstić information content (AvgIpc) is 2.98. The fraction of sp³-hybridized carbons (Fsp3) is 0.417. The monoisotopic (exact) mass is 318 g/mol. The van der Waals surface area contributed by atoms with Crippen LogP contribution in [0, 0.1) is 5.41 Å². The van der Waals surface area contributed by atoms with Gasteiger partial charge in [0, 0.05) is 0 Å². The summed E-state index contributed by atoms with van der Waals surface area (Å²) in [5.41, 5.74) is 10.6. The van der Waals surface area contributed by atoms with E-state index in [0.717, 1.165) is 12.8 Å². The lowest BCUT2D eigenvalue weighted by atomic mass is 9.85. The summed E-state index contributed by atoms with van der Waals surface area (Å²) in [6.07, 6.45) is 4.65. The van der Waals surface area contributed by atoms with Crippen LogP contribution >= 0.6 is 0 Å². The van der Waals surface area contributed by atoms with E-state index in [1.807, 2.05) is 0 Å². The van der Waals surface area contributed by atoms with Crippen LogP contribution < -0.4 is 0 Å². The van der Waals surface area contributed by atoms with Gasteiger partial charge in [-0.3, -0.25) is 0 Å². The molecule has 0 nitrogen and oxygen atoms in total. The lowest BCUT2D eigenvalue weighted by Gasteiger charge is -2.19. The molecule has 0 bridgehead atoms. The second-order valence-corrected chi connectivity index (χ2v) is 8.36. The zero-order chi connectivity index (χ0) is 17.5. The van der Waals surface area contributed by atoms with Gasteiger partial charge in [0.05, 0.1) is 0 Å². The van der Waals surface area contributed by atoms with Gasteiger partial charge < -0.3 is 0 Å². The number of benzene rings is 2. The smallest absolute Gasteiger partial charge is 0.00523 e. The van der Waals surface area contributed by atoms with Crippen molar-refractivity contribution in [3.8, 4) is 11.1 Å². The highest BCUT2D eigenvalue weighted by atomic mass is 14.3. The van der Waals surface area contributed by atoms with Gasteiger partial charge in [0.1, 0.15) is 0 Å². The Morgan fingerprint density at radius 2 is 1.71 bits per heavy atom. The number of hydrogen-bond donors (Lipinski definition) is 0. The fourth-order valence-corrected chi connectivity index (χ4v) is 3.76. The molecule has 0 unspecified atom stereocenters. The molecule has 0 heteroatoms. The number of aryl methyl sites for hydroxylation is 1. The van der Waals surface area contributed by atoms with Crippen LogP contribution in [0.4, 0.5) is 0 Å². The SMILES string of the molecule is CCc1ccccc1-c1c(C(C)C)ccc2c1C=C(C(C)(C)C)C2. The summed E-state index contributed by atoms with van der Waals surface area (Å²) in [4.78, 5) is 0. The second kappa shape index (κ2) is 6.24. The van der Waals surface area contributed by atoms with E-state index >= 15 is 0 Å². The Bertz CT molecular complexity index is 782. The van der Waals surface area contributed by atoms with Gasteiger partial charge in [-0.1, -0.05) is 89.6 Å². The highest BCUT2D eigenvalue weighted by Crippen LogP contribution is 2.44. The first-order valence-electron chi connectivity index (χ1n) is 9.28. The van der Waals surface area contributed by atoms with Crippen LogP contribution in [0.1, 0.15) is 69.7 Å². The number of rotatable bonds is 3. The third-order valence-electron chi connectivity index (χ3n) is 5.32. The van der Waals surface area contributed by atoms with Gasteiger partial charge >= 0.3 is 0 Å². The maximum Gasteiger partial charge on any atom is -0.00523 e. The molecule has 0 atom stereocenters. The molecule has 0 fully saturated rings. The molecule has 0 radical (unpaired) electrons. The molecule has 126 valence electrons. The minimum absolute atomic E-state index is 0.235. The van der Waals surface area contributed by atoms with E-state index < -0.39 is 0 Å². The van der Waals surface area contributed by atoms with Gasteiger partial charge in [-0.05, 0) is 57.6 Å². The van der Waals surface area contributed by atoms with E-state index in [0.29, 0.717) is 5.92 Å². The highest BCUT2D eigenvalue weighted by molar-refractivity contribution is 5.85. The molecule has 0 saturated carbocycles. The Kier molecular flexibility index (Phi) is 4.42. The average molecular weight is 319 g/mol. The van der Waals surface area contributed by atoms with Crippen molar-refractivity contribution in [3.05, 3.63) is 64.2 Å². The van der Waals surface area contributed by atoms with Crippen LogP contribution in [0.15, 0.2) is 42.0 Å². The topological polar surface area (TPSA) is 0 Å². The normalized spacial score (nSPS) is 14.0. The molecule has 0 spiro atoms. The Morgan fingerprint density at radius 3 is 2.33 bits per heavy atom. The van der Waals surface area contributed by atoms with Crippen molar-refractivity contribution >= 4 is 6.08 Å². The van der Waals surface area contributed by atoms with Gasteiger partial charge in [-0.2, -0.15) is 0 Å². The predicted molar refractivity (Wildman–Crippen MR) is 106 cm³/mol. The third-order valence-corrected chi connectivity index (χ3v) is 5.32. The molecule has 0 aliphatic heterocycles. The van der Waals surface area contributed by atoms with Crippen molar-refractivity contribution in [2.24, 2.45) is 5.41 Å². The second-order valence-electron chi connectivity index (χ2n) is 8.36. The molecule has 0 amide bonds. The molecule has 0 heterocycles. The summed E-state index contributed by atoms with van der Waals surface area (Å²) in [7, 11) is 0. The lowest BCUT2D eigenvalue weighted by molar-refractivity contribution is 0.498. The van der Waals surface area contributed by atoms with Crippen molar-refractivity contribution in [1.29, 1.82) is 0 Å². The number of hydrogen-bond acceptors (Lipinski definition) is 0. The largest absolute Gasteiger partial charge is 0.0620 e. The Hall–Kier alpha value is -1.82. The molecular formula is C24H30. The van der Waals surface area contributed by atoms with Crippen molar-refractivity contribution in [2.45, 2.75) is 60.3 Å². The van der Waals surface area contributed by atoms with E-state index in [9.17, 15) is 0 Å². The summed E-state index contributed by atoms with van der Waals surface area (Å²) in [6.45, 7) is 13.9. The van der Waals surface area contributed by atoms with Gasteiger partial charge in [0.2, 0.25) is 0 Å². The van der Waals surface area contributed by atoms with Gasteiger partial charge in [0.15, 0.2) is 0 Å². The summed E-state index contributed by atoms with van der Waals surface area (Å²) >= 11 is 0. The maximum absolute atomic E-state index is 2.48. The molecular weight excluding hydrogens is 288 g/mol. The Balaban J connectivity index is 2.29. The van der Waals surface area contributed by atoms with E-state index in [4.69, 9.17) is 0 Å². The van der Waals surface area contributed by atoms with Crippen molar-refractivity contribution in [2.75, 3.05) is 0 Å². The van der Waals surface area contributed by atoms with E-state index in [1.54, 1.807) is 5.57 Å². The summed E-state index contributed by atoms with van der Waals surface area (Å²) in [6, 6.07) is 13.7. The van der Waals surface area contributed by atoms with E-state index in [2.05, 4.69) is 84.0 Å². The van der Waals surface area contributed by atoms with Gasteiger partial charge in [0.25, 0.3) is 0 Å². The molecule has 24 heavy (non-hydrogen) atoms. The van der Waals surface area contributed by atoms with Crippen LogP contribution in [0.25, 0.3) is 17.2 Å². The zero-order valence-electron chi connectivity index (χ0n) is 16.0. The van der Waals surface area contributed by atoms with Crippen molar-refractivity contribution in [1.82, 2.24) is 0 Å². The summed E-state index contributed by atoms with van der Waals surface area (Å²) in [5, 5.41) is 0. The number of fused-ring (bicyclic) bond motifs is 1. The molecule has 3 rings (SSSR count). The molecule has 0 saturated heterocycles. The number of allylic oxidation sites excluding steroid dienone is 1. The molecule has 1 aliphatic carbocycles. The van der Waals surface area contributed by atoms with Crippen LogP contribution in [-0.2, 0) is 12.8 Å². The van der Waals surface area contributed by atoms with Crippen LogP contribution in [0.2, 0.25) is 0 Å². The lowest BCUT2D eigenvalue weighted by Crippen LogP contribution is -2.08. The first-order chi connectivity index (χ1) is 11.3. The summed E-state index contributed by atoms with van der Waals surface area (Å²) in [5.74, 6) is 0.530. The fourth-order valence-electron chi connectivity index (χ4n) is 3.76. The molecule has 0 aromatic heterocycles. The molecule has 2 aromatic rings. The van der Waals surface area contributed by atoms with Crippen molar-refractivity contribution < 1.29 is 0 Å². The van der Waals surface area contributed by atoms with Gasteiger partial charge in [-0.25, -0.2) is 0 Å². The minimum atomic E-state index is 0.235. The Morgan fingerprint density at radius 1 is 1.00 bits per heavy atom.